The lowest BCUT2D eigenvalue weighted by Gasteiger charge is -2.11. The number of carboxylic acids is 1. The molecule has 0 atom stereocenters. The van der Waals surface area contributed by atoms with Crippen LogP contribution < -0.4 is 9.47 Å². The molecule has 23 heavy (non-hydrogen) atoms. The van der Waals surface area contributed by atoms with Gasteiger partial charge in [-0.15, -0.1) is 0 Å². The maximum absolute atomic E-state index is 11.6. The third-order valence-electron chi connectivity index (χ3n) is 3.21. The van der Waals surface area contributed by atoms with E-state index in [1.807, 2.05) is 0 Å². The van der Waals surface area contributed by atoms with Gasteiger partial charge in [-0.1, -0.05) is 17.7 Å². The first-order valence-electron chi connectivity index (χ1n) is 6.62. The van der Waals surface area contributed by atoms with E-state index >= 15 is 0 Å². The van der Waals surface area contributed by atoms with E-state index in [9.17, 15) is 15.0 Å². The number of benzene rings is 2. The molecule has 5 nitrogen and oxygen atoms in total. The van der Waals surface area contributed by atoms with Gasteiger partial charge in [0.1, 0.15) is 17.2 Å². The molecule has 0 fully saturated rings. The largest absolute Gasteiger partial charge is 0.506 e. The molecule has 6 heteroatoms. The summed E-state index contributed by atoms with van der Waals surface area (Å²) in [7, 11) is 2.97. The van der Waals surface area contributed by atoms with E-state index in [2.05, 4.69) is 0 Å². The fourth-order valence-corrected chi connectivity index (χ4v) is 2.24. The van der Waals surface area contributed by atoms with Crippen LogP contribution in [0, 0.1) is 0 Å². The zero-order valence-electron chi connectivity index (χ0n) is 12.5. The molecular weight excluding hydrogens is 320 g/mol. The van der Waals surface area contributed by atoms with Gasteiger partial charge < -0.3 is 19.7 Å². The van der Waals surface area contributed by atoms with E-state index in [1.54, 1.807) is 24.3 Å². The number of phenols is 1. The highest BCUT2D eigenvalue weighted by Gasteiger charge is 2.16. The minimum Gasteiger partial charge on any atom is -0.506 e. The molecule has 2 N–H and O–H groups in total. The molecule has 0 saturated heterocycles. The Kier molecular flexibility index (Phi) is 5.13. The fraction of sp³-hybridized carbons (Fsp3) is 0.118. The van der Waals surface area contributed by atoms with E-state index in [0.717, 1.165) is 0 Å². The highest BCUT2D eigenvalue weighted by Crippen LogP contribution is 2.32. The summed E-state index contributed by atoms with van der Waals surface area (Å²) in [5.74, 6) is -0.244. The molecule has 0 aliphatic rings. The van der Waals surface area contributed by atoms with Crippen LogP contribution in [0.15, 0.2) is 36.4 Å². The molecule has 0 bridgehead atoms. The Morgan fingerprint density at radius 1 is 1.13 bits per heavy atom. The van der Waals surface area contributed by atoms with Gasteiger partial charge in [-0.25, -0.2) is 4.79 Å². The third-order valence-corrected chi connectivity index (χ3v) is 3.51. The van der Waals surface area contributed by atoms with Crippen LogP contribution in [-0.2, 0) is 4.79 Å². The molecule has 2 aromatic rings. The Hall–Kier alpha value is -2.66. The number of ether oxygens (including phenoxy) is 2. The van der Waals surface area contributed by atoms with E-state index in [4.69, 9.17) is 21.1 Å². The highest BCUT2D eigenvalue weighted by molar-refractivity contribution is 6.32. The smallest absolute Gasteiger partial charge is 0.336 e. The lowest BCUT2D eigenvalue weighted by molar-refractivity contribution is -0.130. The second kappa shape index (κ2) is 7.07. The van der Waals surface area contributed by atoms with Crippen LogP contribution in [0.4, 0.5) is 0 Å². The molecular formula is C17H15ClO5. The molecule has 0 amide bonds. The molecule has 0 radical (unpaired) electrons. The van der Waals surface area contributed by atoms with Gasteiger partial charge in [0.05, 0.1) is 24.8 Å². The maximum Gasteiger partial charge on any atom is 0.336 e. The average Bonchev–Trinajstić information content (AvgIpc) is 2.55. The van der Waals surface area contributed by atoms with Crippen molar-refractivity contribution in [2.75, 3.05) is 14.2 Å². The van der Waals surface area contributed by atoms with Crippen molar-refractivity contribution in [2.45, 2.75) is 0 Å². The molecule has 0 aromatic heterocycles. The second-order valence-corrected chi connectivity index (χ2v) is 5.05. The molecule has 0 unspecified atom stereocenters. The van der Waals surface area contributed by atoms with E-state index in [1.165, 1.54) is 32.4 Å². The summed E-state index contributed by atoms with van der Waals surface area (Å²) < 4.78 is 10.4. The summed E-state index contributed by atoms with van der Waals surface area (Å²) in [6, 6.07) is 9.32. The number of carbonyl (C=O) groups is 1. The van der Waals surface area contributed by atoms with Crippen molar-refractivity contribution in [2.24, 2.45) is 0 Å². The summed E-state index contributed by atoms with van der Waals surface area (Å²) in [5.41, 5.74) is 0.985. The molecule has 0 aliphatic heterocycles. The molecule has 2 aromatic carbocycles. The predicted molar refractivity (Wildman–Crippen MR) is 88.2 cm³/mol. The molecule has 0 spiro atoms. The first-order chi connectivity index (χ1) is 11.0. The summed E-state index contributed by atoms with van der Waals surface area (Å²) in [5, 5.41) is 19.1. The first kappa shape index (κ1) is 16.7. The number of carboxylic acid groups (broad SMARTS) is 1. The van der Waals surface area contributed by atoms with Gasteiger partial charge in [0.25, 0.3) is 0 Å². The standard InChI is InChI=1S/C17H15ClO5/c1-22-11-4-5-12(16(9-11)23-2)13(17(20)21)7-10-3-6-15(19)14(18)8-10/h3-9,19H,1-2H3,(H,20,21)/b13-7-. The topological polar surface area (TPSA) is 76.0 Å². The van der Waals surface area contributed by atoms with Crippen LogP contribution in [0.25, 0.3) is 11.6 Å². The van der Waals surface area contributed by atoms with Crippen LogP contribution in [0.3, 0.4) is 0 Å². The summed E-state index contributed by atoms with van der Waals surface area (Å²) >= 11 is 5.85. The van der Waals surface area contributed by atoms with Crippen molar-refractivity contribution < 1.29 is 24.5 Å². The zero-order chi connectivity index (χ0) is 17.0. The maximum atomic E-state index is 11.6. The monoisotopic (exact) mass is 334 g/mol. The quantitative estimate of drug-likeness (QED) is 0.644. The van der Waals surface area contributed by atoms with Gasteiger partial charge in [-0.05, 0) is 35.9 Å². The summed E-state index contributed by atoms with van der Waals surface area (Å²) in [4.78, 5) is 11.6. The van der Waals surface area contributed by atoms with Crippen LogP contribution in [-0.4, -0.2) is 30.4 Å². The van der Waals surface area contributed by atoms with Crippen LogP contribution in [0.5, 0.6) is 17.2 Å². The third kappa shape index (κ3) is 3.76. The van der Waals surface area contributed by atoms with Crippen LogP contribution in [0.2, 0.25) is 5.02 Å². The van der Waals surface area contributed by atoms with E-state index < -0.39 is 5.97 Å². The van der Waals surface area contributed by atoms with Crippen molar-refractivity contribution >= 4 is 29.2 Å². The van der Waals surface area contributed by atoms with Crippen molar-refractivity contribution in [1.82, 2.24) is 0 Å². The fourth-order valence-electron chi connectivity index (χ4n) is 2.06. The molecule has 0 heterocycles. The second-order valence-electron chi connectivity index (χ2n) is 4.64. The van der Waals surface area contributed by atoms with Gasteiger partial charge in [0, 0.05) is 11.6 Å². The number of halogens is 1. The van der Waals surface area contributed by atoms with E-state index in [-0.39, 0.29) is 16.3 Å². The van der Waals surface area contributed by atoms with Crippen molar-refractivity contribution in [3.05, 3.63) is 52.5 Å². The molecule has 0 saturated carbocycles. The number of rotatable bonds is 5. The molecule has 120 valence electrons. The predicted octanol–water partition coefficient (Wildman–Crippen LogP) is 3.69. The molecule has 0 aliphatic carbocycles. The van der Waals surface area contributed by atoms with Gasteiger partial charge in [0.15, 0.2) is 0 Å². The number of hydrogen-bond donors (Lipinski definition) is 2. The number of aromatic hydroxyl groups is 1. The van der Waals surface area contributed by atoms with Crippen LogP contribution in [0.1, 0.15) is 11.1 Å². The Labute approximate surface area is 138 Å². The summed E-state index contributed by atoms with van der Waals surface area (Å²) in [6.45, 7) is 0. The Balaban J connectivity index is 2.56. The Morgan fingerprint density at radius 2 is 1.87 bits per heavy atom. The van der Waals surface area contributed by atoms with Gasteiger partial charge in [-0.3, -0.25) is 0 Å². The minimum atomic E-state index is -1.11. The number of hydrogen-bond acceptors (Lipinski definition) is 4. The van der Waals surface area contributed by atoms with Gasteiger partial charge >= 0.3 is 5.97 Å². The number of phenolic OH excluding ortho intramolecular Hbond substituents is 1. The Bertz CT molecular complexity index is 768. The highest BCUT2D eigenvalue weighted by atomic mass is 35.5. The number of methoxy groups -OCH3 is 2. The first-order valence-corrected chi connectivity index (χ1v) is 7.00. The van der Waals surface area contributed by atoms with Crippen molar-refractivity contribution in [3.63, 3.8) is 0 Å². The number of aliphatic carboxylic acids is 1. The van der Waals surface area contributed by atoms with E-state index in [0.29, 0.717) is 22.6 Å². The SMILES string of the molecule is COc1ccc(/C(=C/c2ccc(O)c(Cl)c2)C(=O)O)c(OC)c1. The molecule has 2 rings (SSSR count). The normalized spacial score (nSPS) is 11.2. The Morgan fingerprint density at radius 3 is 2.43 bits per heavy atom. The van der Waals surface area contributed by atoms with Gasteiger partial charge in [0.2, 0.25) is 0 Å². The average molecular weight is 335 g/mol. The van der Waals surface area contributed by atoms with Crippen LogP contribution >= 0.6 is 11.6 Å². The van der Waals surface area contributed by atoms with Crippen molar-refractivity contribution in [3.8, 4) is 17.2 Å². The summed E-state index contributed by atoms with van der Waals surface area (Å²) in [6.07, 6.45) is 1.46. The lowest BCUT2D eigenvalue weighted by Crippen LogP contribution is -2.02. The van der Waals surface area contributed by atoms with Gasteiger partial charge in [-0.2, -0.15) is 0 Å². The van der Waals surface area contributed by atoms with Crippen molar-refractivity contribution in [1.29, 1.82) is 0 Å². The lowest BCUT2D eigenvalue weighted by atomic mass is 10.0. The zero-order valence-corrected chi connectivity index (χ0v) is 13.3. The minimum absolute atomic E-state index is 0.0336.